The van der Waals surface area contributed by atoms with Gasteiger partial charge in [0, 0.05) is 25.1 Å². The highest BCUT2D eigenvalue weighted by Gasteiger charge is 2.13. The van der Waals surface area contributed by atoms with Gasteiger partial charge in [-0.25, -0.2) is 0 Å². The molecule has 1 heterocycles. The van der Waals surface area contributed by atoms with Crippen LogP contribution in [0.5, 0.6) is 0 Å². The Morgan fingerprint density at radius 3 is 2.94 bits per heavy atom. The molecule has 0 aliphatic rings. The van der Waals surface area contributed by atoms with E-state index in [4.69, 9.17) is 10.6 Å². The quantitative estimate of drug-likeness (QED) is 0.586. The molecule has 0 aliphatic heterocycles. The van der Waals surface area contributed by atoms with E-state index in [1.807, 2.05) is 18.2 Å². The van der Waals surface area contributed by atoms with Gasteiger partial charge in [0.25, 0.3) is 0 Å². The maximum absolute atomic E-state index is 5.50. The van der Waals surface area contributed by atoms with Crippen molar-refractivity contribution in [1.29, 1.82) is 0 Å². The van der Waals surface area contributed by atoms with Gasteiger partial charge in [0.15, 0.2) is 0 Å². The van der Waals surface area contributed by atoms with Crippen LogP contribution in [0.25, 0.3) is 11.0 Å². The van der Waals surface area contributed by atoms with Gasteiger partial charge in [0.2, 0.25) is 0 Å². The van der Waals surface area contributed by atoms with Gasteiger partial charge in [-0.15, -0.1) is 0 Å². The molecule has 1 aromatic carbocycles. The number of hydrogen-bond donors (Lipinski definition) is 2. The monoisotopic (exact) mass is 218 g/mol. The van der Waals surface area contributed by atoms with E-state index in [0.717, 1.165) is 16.6 Å². The predicted octanol–water partition coefficient (Wildman–Crippen LogP) is 0.781. The molecule has 1 atom stereocenters. The highest BCUT2D eigenvalue weighted by molar-refractivity contribution is 5.78. The number of hydrazine groups is 1. The number of nitrogens with one attached hydrogen (secondary N) is 1. The van der Waals surface area contributed by atoms with Crippen LogP contribution in [0.15, 0.2) is 30.6 Å². The molecule has 5 nitrogen and oxygen atoms in total. The second-order valence-corrected chi connectivity index (χ2v) is 3.45. The first kappa shape index (κ1) is 10.9. The Labute approximate surface area is 93.6 Å². The van der Waals surface area contributed by atoms with Crippen molar-refractivity contribution in [1.82, 2.24) is 15.4 Å². The van der Waals surface area contributed by atoms with Gasteiger partial charge in [-0.3, -0.25) is 21.2 Å². The normalized spacial score (nSPS) is 12.9. The summed E-state index contributed by atoms with van der Waals surface area (Å²) >= 11 is 0. The molecule has 0 fully saturated rings. The smallest absolute Gasteiger partial charge is 0.0935 e. The number of fused-ring (bicyclic) bond motifs is 1. The Morgan fingerprint density at radius 1 is 1.38 bits per heavy atom. The van der Waals surface area contributed by atoms with E-state index in [1.165, 1.54) is 0 Å². The van der Waals surface area contributed by atoms with E-state index in [-0.39, 0.29) is 6.04 Å². The molecule has 0 saturated heterocycles. The molecular formula is C11H14N4O. The third kappa shape index (κ3) is 2.01. The van der Waals surface area contributed by atoms with E-state index in [0.29, 0.717) is 6.61 Å². The molecule has 0 saturated carbocycles. The van der Waals surface area contributed by atoms with Crippen molar-refractivity contribution in [2.45, 2.75) is 6.04 Å². The third-order valence-corrected chi connectivity index (χ3v) is 2.44. The third-order valence-electron chi connectivity index (χ3n) is 2.44. The molecule has 16 heavy (non-hydrogen) atoms. The number of ether oxygens (including phenoxy) is 1. The molecule has 2 aromatic rings. The van der Waals surface area contributed by atoms with E-state index in [1.54, 1.807) is 19.5 Å². The number of aromatic nitrogens is 2. The van der Waals surface area contributed by atoms with Crippen molar-refractivity contribution in [2.24, 2.45) is 5.84 Å². The Balaban J connectivity index is 2.50. The summed E-state index contributed by atoms with van der Waals surface area (Å²) in [5.41, 5.74) is 5.42. The summed E-state index contributed by atoms with van der Waals surface area (Å²) in [6, 6.07) is 5.75. The molecule has 5 heteroatoms. The molecule has 3 N–H and O–H groups in total. The van der Waals surface area contributed by atoms with Gasteiger partial charge in [-0.1, -0.05) is 12.1 Å². The maximum Gasteiger partial charge on any atom is 0.0935 e. The summed E-state index contributed by atoms with van der Waals surface area (Å²) < 4.78 is 5.11. The number of hydrogen-bond acceptors (Lipinski definition) is 5. The maximum atomic E-state index is 5.50. The van der Waals surface area contributed by atoms with E-state index in [2.05, 4.69) is 15.4 Å². The molecule has 2 rings (SSSR count). The number of para-hydroxylation sites is 1. The number of nitrogens with two attached hydrogens (primary N) is 1. The number of methoxy groups -OCH3 is 1. The highest BCUT2D eigenvalue weighted by Crippen LogP contribution is 2.20. The average molecular weight is 218 g/mol. The lowest BCUT2D eigenvalue weighted by Gasteiger charge is -2.16. The molecule has 0 spiro atoms. The second kappa shape index (κ2) is 4.98. The van der Waals surface area contributed by atoms with Crippen LogP contribution < -0.4 is 11.3 Å². The number of rotatable bonds is 4. The molecule has 1 unspecified atom stereocenters. The van der Waals surface area contributed by atoms with Crippen molar-refractivity contribution < 1.29 is 4.74 Å². The SMILES string of the molecule is COCC(NN)c1cccc2nccnc12. The second-order valence-electron chi connectivity index (χ2n) is 3.45. The number of benzene rings is 1. The predicted molar refractivity (Wildman–Crippen MR) is 61.5 cm³/mol. The van der Waals surface area contributed by atoms with Crippen LogP contribution in [0, 0.1) is 0 Å². The van der Waals surface area contributed by atoms with Crippen LogP contribution in [-0.2, 0) is 4.74 Å². The summed E-state index contributed by atoms with van der Waals surface area (Å²) in [6.45, 7) is 0.492. The summed E-state index contributed by atoms with van der Waals surface area (Å²) in [5, 5.41) is 0. The Morgan fingerprint density at radius 2 is 2.19 bits per heavy atom. The molecular weight excluding hydrogens is 204 g/mol. The van der Waals surface area contributed by atoms with E-state index in [9.17, 15) is 0 Å². The molecule has 0 radical (unpaired) electrons. The fourth-order valence-electron chi connectivity index (χ4n) is 1.69. The lowest BCUT2D eigenvalue weighted by atomic mass is 10.1. The van der Waals surface area contributed by atoms with E-state index < -0.39 is 0 Å². The van der Waals surface area contributed by atoms with Crippen molar-refractivity contribution >= 4 is 11.0 Å². The first-order valence-electron chi connectivity index (χ1n) is 5.01. The molecule has 0 aliphatic carbocycles. The lowest BCUT2D eigenvalue weighted by Crippen LogP contribution is -2.31. The van der Waals surface area contributed by atoms with Crippen molar-refractivity contribution in [3.8, 4) is 0 Å². The summed E-state index contributed by atoms with van der Waals surface area (Å²) in [5.74, 6) is 5.50. The van der Waals surface area contributed by atoms with Gasteiger partial charge in [-0.2, -0.15) is 0 Å². The minimum atomic E-state index is -0.0783. The zero-order valence-electron chi connectivity index (χ0n) is 9.05. The van der Waals surface area contributed by atoms with E-state index >= 15 is 0 Å². The average Bonchev–Trinajstić information content (AvgIpc) is 2.35. The Hall–Kier alpha value is -1.56. The van der Waals surface area contributed by atoms with Crippen LogP contribution in [0.4, 0.5) is 0 Å². The van der Waals surface area contributed by atoms with Crippen LogP contribution in [-0.4, -0.2) is 23.7 Å². The first-order chi connectivity index (χ1) is 7.86. The van der Waals surface area contributed by atoms with Crippen LogP contribution in [0.3, 0.4) is 0 Å². The fourth-order valence-corrected chi connectivity index (χ4v) is 1.69. The van der Waals surface area contributed by atoms with Gasteiger partial charge < -0.3 is 4.74 Å². The van der Waals surface area contributed by atoms with Gasteiger partial charge >= 0.3 is 0 Å². The summed E-state index contributed by atoms with van der Waals surface area (Å²) in [6.07, 6.45) is 3.35. The standard InChI is InChI=1S/C11H14N4O/c1-16-7-10(15-12)8-3-2-4-9-11(8)14-6-5-13-9/h2-6,10,15H,7,12H2,1H3. The first-order valence-corrected chi connectivity index (χ1v) is 5.01. The van der Waals surface area contributed by atoms with Crippen LogP contribution >= 0.6 is 0 Å². The number of nitrogens with zero attached hydrogens (tertiary/aromatic N) is 2. The molecule has 0 amide bonds. The van der Waals surface area contributed by atoms with Crippen molar-refractivity contribution in [2.75, 3.05) is 13.7 Å². The van der Waals surface area contributed by atoms with Crippen LogP contribution in [0.1, 0.15) is 11.6 Å². The van der Waals surface area contributed by atoms with Gasteiger partial charge in [-0.05, 0) is 6.07 Å². The lowest BCUT2D eigenvalue weighted by molar-refractivity contribution is 0.167. The molecule has 84 valence electrons. The fraction of sp³-hybridized carbons (Fsp3) is 0.273. The van der Waals surface area contributed by atoms with Gasteiger partial charge in [0.1, 0.15) is 0 Å². The zero-order chi connectivity index (χ0) is 11.4. The van der Waals surface area contributed by atoms with Gasteiger partial charge in [0.05, 0.1) is 23.7 Å². The minimum Gasteiger partial charge on any atom is -0.383 e. The zero-order valence-corrected chi connectivity index (χ0v) is 9.05. The minimum absolute atomic E-state index is 0.0783. The molecule has 0 bridgehead atoms. The van der Waals surface area contributed by atoms with Crippen molar-refractivity contribution in [3.05, 3.63) is 36.2 Å². The Kier molecular flexibility index (Phi) is 3.40. The van der Waals surface area contributed by atoms with Crippen molar-refractivity contribution in [3.63, 3.8) is 0 Å². The van der Waals surface area contributed by atoms with Crippen LogP contribution in [0.2, 0.25) is 0 Å². The molecule has 1 aromatic heterocycles. The highest BCUT2D eigenvalue weighted by atomic mass is 16.5. The largest absolute Gasteiger partial charge is 0.383 e. The Bertz CT molecular complexity index is 469. The summed E-state index contributed by atoms with van der Waals surface area (Å²) in [7, 11) is 1.64. The topological polar surface area (TPSA) is 73.1 Å². The summed E-state index contributed by atoms with van der Waals surface area (Å²) in [4.78, 5) is 8.57.